The minimum Gasteiger partial charge on any atom is -0.356 e. The molecule has 1 aliphatic rings. The third-order valence-corrected chi connectivity index (χ3v) is 5.13. The number of likely N-dealkylation sites (N-methyl/N-ethyl adjacent to an activating group) is 1. The van der Waals surface area contributed by atoms with E-state index in [0.29, 0.717) is 17.3 Å². The fraction of sp³-hybridized carbons (Fsp3) is 0.421. The summed E-state index contributed by atoms with van der Waals surface area (Å²) in [6, 6.07) is 6.54. The summed E-state index contributed by atoms with van der Waals surface area (Å²) in [5.41, 5.74) is 3.09. The smallest absolute Gasteiger partial charge is 0.256 e. The summed E-state index contributed by atoms with van der Waals surface area (Å²) >= 11 is 5.97. The normalized spacial score (nSPS) is 20.0. The molecule has 0 saturated carbocycles. The van der Waals surface area contributed by atoms with Gasteiger partial charge in [0.2, 0.25) is 5.91 Å². The number of morpholine rings is 1. The molecule has 1 aliphatic heterocycles. The van der Waals surface area contributed by atoms with Gasteiger partial charge in [-0.25, -0.2) is 0 Å². The van der Waals surface area contributed by atoms with Gasteiger partial charge in [-0.15, -0.1) is 0 Å². The Labute approximate surface area is 163 Å². The number of hydrogen-bond acceptors (Lipinski definition) is 4. The second-order valence-electron chi connectivity index (χ2n) is 6.58. The van der Waals surface area contributed by atoms with Gasteiger partial charge in [-0.2, -0.15) is 5.10 Å². The van der Waals surface area contributed by atoms with Gasteiger partial charge in [0.15, 0.2) is 6.10 Å². The highest BCUT2D eigenvalue weighted by atomic mass is 35.5. The minimum atomic E-state index is -0.836. The van der Waals surface area contributed by atoms with E-state index in [4.69, 9.17) is 16.3 Å². The molecule has 27 heavy (non-hydrogen) atoms. The Hall–Kier alpha value is -2.38. The zero-order valence-corrected chi connectivity index (χ0v) is 16.6. The molecule has 1 N–H and O–H groups in total. The van der Waals surface area contributed by atoms with Gasteiger partial charge in [0.25, 0.3) is 5.91 Å². The molecule has 0 radical (unpaired) electrons. The first-order valence-corrected chi connectivity index (χ1v) is 9.18. The van der Waals surface area contributed by atoms with Crippen molar-refractivity contribution in [3.8, 4) is 0 Å². The first-order chi connectivity index (χ1) is 12.8. The van der Waals surface area contributed by atoms with Gasteiger partial charge in [0, 0.05) is 18.6 Å². The van der Waals surface area contributed by atoms with Gasteiger partial charge in [-0.1, -0.05) is 23.7 Å². The van der Waals surface area contributed by atoms with Crippen molar-refractivity contribution in [2.24, 2.45) is 0 Å². The maximum Gasteiger partial charge on any atom is 0.256 e. The summed E-state index contributed by atoms with van der Waals surface area (Å²) in [4.78, 5) is 26.7. The van der Waals surface area contributed by atoms with Gasteiger partial charge in [-0.3, -0.25) is 14.3 Å². The van der Waals surface area contributed by atoms with E-state index in [9.17, 15) is 9.59 Å². The SMILES string of the molecule is CCn1nc(C)c(NC(=O)[C@@H]2OCC(=O)N(C)[C@@H]2c2ccc(Cl)cc2)c1C. The van der Waals surface area contributed by atoms with Gasteiger partial charge in [0.1, 0.15) is 6.61 Å². The molecule has 1 aromatic heterocycles. The van der Waals surface area contributed by atoms with Crippen LogP contribution < -0.4 is 5.32 Å². The van der Waals surface area contributed by atoms with Gasteiger partial charge >= 0.3 is 0 Å². The maximum absolute atomic E-state index is 13.0. The zero-order valence-electron chi connectivity index (χ0n) is 15.8. The van der Waals surface area contributed by atoms with E-state index in [0.717, 1.165) is 17.0 Å². The summed E-state index contributed by atoms with van der Waals surface area (Å²) in [6.45, 7) is 6.33. The number of rotatable bonds is 4. The van der Waals surface area contributed by atoms with Crippen LogP contribution in [-0.2, 0) is 20.9 Å². The van der Waals surface area contributed by atoms with E-state index in [1.165, 1.54) is 0 Å². The predicted octanol–water partition coefficient (Wildman–Crippen LogP) is 2.71. The molecular formula is C19H23ClN4O3. The number of halogens is 1. The van der Waals surface area contributed by atoms with Crippen molar-refractivity contribution in [1.29, 1.82) is 0 Å². The lowest BCUT2D eigenvalue weighted by atomic mass is 9.97. The van der Waals surface area contributed by atoms with Crippen molar-refractivity contribution in [2.45, 2.75) is 39.5 Å². The van der Waals surface area contributed by atoms with Crippen LogP contribution in [0.25, 0.3) is 0 Å². The van der Waals surface area contributed by atoms with E-state index in [2.05, 4.69) is 10.4 Å². The number of carbonyl (C=O) groups is 2. The molecule has 8 heteroatoms. The number of nitrogens with one attached hydrogen (secondary N) is 1. The Bertz CT molecular complexity index is 863. The molecule has 2 amide bonds. The highest BCUT2D eigenvalue weighted by Crippen LogP contribution is 2.31. The van der Waals surface area contributed by atoms with Crippen molar-refractivity contribution in [2.75, 3.05) is 19.0 Å². The minimum absolute atomic E-state index is 0.134. The molecule has 0 unspecified atom stereocenters. The molecule has 7 nitrogen and oxygen atoms in total. The summed E-state index contributed by atoms with van der Waals surface area (Å²) in [5, 5.41) is 7.95. The molecule has 3 rings (SSSR count). The second kappa shape index (κ2) is 7.70. The van der Waals surface area contributed by atoms with Crippen molar-refractivity contribution < 1.29 is 14.3 Å². The third-order valence-electron chi connectivity index (χ3n) is 4.88. The summed E-state index contributed by atoms with van der Waals surface area (Å²) in [5.74, 6) is -0.485. The molecule has 0 bridgehead atoms. The van der Waals surface area contributed by atoms with Crippen LogP contribution in [0, 0.1) is 13.8 Å². The zero-order chi connectivity index (χ0) is 19.7. The largest absolute Gasteiger partial charge is 0.356 e. The summed E-state index contributed by atoms with van der Waals surface area (Å²) < 4.78 is 7.47. The Kier molecular flexibility index (Phi) is 5.53. The first kappa shape index (κ1) is 19.4. The lowest BCUT2D eigenvalue weighted by Gasteiger charge is -2.38. The van der Waals surface area contributed by atoms with E-state index in [-0.39, 0.29) is 18.4 Å². The highest BCUT2D eigenvalue weighted by Gasteiger charge is 2.40. The fourth-order valence-electron chi connectivity index (χ4n) is 3.37. The third kappa shape index (κ3) is 3.70. The molecule has 2 heterocycles. The Morgan fingerprint density at radius 1 is 1.33 bits per heavy atom. The number of benzene rings is 1. The van der Waals surface area contributed by atoms with Crippen LogP contribution in [-0.4, -0.2) is 46.3 Å². The van der Waals surface area contributed by atoms with Gasteiger partial charge < -0.3 is 15.0 Å². The number of carbonyl (C=O) groups excluding carboxylic acids is 2. The van der Waals surface area contributed by atoms with Crippen LogP contribution >= 0.6 is 11.6 Å². The molecule has 2 aromatic rings. The topological polar surface area (TPSA) is 76.5 Å². The average Bonchev–Trinajstić information content (AvgIpc) is 2.92. The lowest BCUT2D eigenvalue weighted by molar-refractivity contribution is -0.160. The van der Waals surface area contributed by atoms with Crippen LogP contribution in [0.3, 0.4) is 0 Å². The maximum atomic E-state index is 13.0. The number of ether oxygens (including phenoxy) is 1. The average molecular weight is 391 g/mol. The predicted molar refractivity (Wildman–Crippen MR) is 103 cm³/mol. The molecule has 1 saturated heterocycles. The second-order valence-corrected chi connectivity index (χ2v) is 7.02. The number of hydrogen-bond donors (Lipinski definition) is 1. The van der Waals surface area contributed by atoms with Crippen molar-refractivity contribution >= 4 is 29.1 Å². The first-order valence-electron chi connectivity index (χ1n) is 8.81. The quantitative estimate of drug-likeness (QED) is 0.870. The fourth-order valence-corrected chi connectivity index (χ4v) is 3.50. The van der Waals surface area contributed by atoms with Crippen LogP contribution in [0.2, 0.25) is 5.02 Å². The van der Waals surface area contributed by atoms with E-state index in [1.54, 1.807) is 36.2 Å². The monoisotopic (exact) mass is 390 g/mol. The van der Waals surface area contributed by atoms with Crippen molar-refractivity contribution in [1.82, 2.24) is 14.7 Å². The molecule has 0 aliphatic carbocycles. The van der Waals surface area contributed by atoms with Crippen molar-refractivity contribution in [3.05, 3.63) is 46.2 Å². The summed E-state index contributed by atoms with van der Waals surface area (Å²) in [7, 11) is 1.68. The Morgan fingerprint density at radius 3 is 2.59 bits per heavy atom. The van der Waals surface area contributed by atoms with Crippen LogP contribution in [0.5, 0.6) is 0 Å². The molecular weight excluding hydrogens is 368 g/mol. The van der Waals surface area contributed by atoms with Crippen LogP contribution in [0.15, 0.2) is 24.3 Å². The van der Waals surface area contributed by atoms with E-state index >= 15 is 0 Å². The van der Waals surface area contributed by atoms with E-state index < -0.39 is 12.1 Å². The molecule has 1 aromatic carbocycles. The van der Waals surface area contributed by atoms with Gasteiger partial charge in [0.05, 0.1) is 23.1 Å². The van der Waals surface area contributed by atoms with Crippen molar-refractivity contribution in [3.63, 3.8) is 0 Å². The molecule has 2 atom stereocenters. The van der Waals surface area contributed by atoms with Gasteiger partial charge in [-0.05, 0) is 38.5 Å². The standard InChI is InChI=1S/C19H23ClN4O3/c1-5-24-12(3)16(11(2)22-24)21-19(26)18-17(23(4)15(25)10-27-18)13-6-8-14(20)9-7-13/h6-9,17-18H,5,10H2,1-4H3,(H,21,26)/t17-,18-/m1/s1. The van der Waals surface area contributed by atoms with Crippen LogP contribution in [0.4, 0.5) is 5.69 Å². The van der Waals surface area contributed by atoms with E-state index in [1.807, 2.05) is 25.5 Å². The number of amides is 2. The Morgan fingerprint density at radius 2 is 2.00 bits per heavy atom. The molecule has 0 spiro atoms. The number of aryl methyl sites for hydroxylation is 2. The molecule has 144 valence electrons. The number of aromatic nitrogens is 2. The Balaban J connectivity index is 1.90. The molecule has 1 fully saturated rings. The summed E-state index contributed by atoms with van der Waals surface area (Å²) in [6.07, 6.45) is -0.836. The number of nitrogens with zero attached hydrogens (tertiary/aromatic N) is 3. The van der Waals surface area contributed by atoms with Crippen LogP contribution in [0.1, 0.15) is 29.9 Å². The highest BCUT2D eigenvalue weighted by molar-refractivity contribution is 6.30. The lowest BCUT2D eigenvalue weighted by Crippen LogP contribution is -2.51. The number of anilines is 1.